The summed E-state index contributed by atoms with van der Waals surface area (Å²) in [5.41, 5.74) is 0. The summed E-state index contributed by atoms with van der Waals surface area (Å²) in [6, 6.07) is 3.96. The molecule has 0 aromatic carbocycles. The lowest BCUT2D eigenvalue weighted by molar-refractivity contribution is 0.366. The molecule has 0 spiro atoms. The molecule has 0 aliphatic carbocycles. The minimum Gasteiger partial charge on any atom is -0.420 e. The minimum absolute atomic E-state index is 0.772. The Bertz CT molecular complexity index is 137. The van der Waals surface area contributed by atoms with Crippen LogP contribution < -0.4 is 0 Å². The maximum absolute atomic E-state index is 6.01. The molecule has 0 heterocycles. The number of hydrogen-bond donors (Lipinski definition) is 0. The van der Waals surface area contributed by atoms with Crippen molar-refractivity contribution in [3.63, 3.8) is 0 Å². The molecule has 0 aromatic rings. The van der Waals surface area contributed by atoms with Gasteiger partial charge in [0, 0.05) is 7.11 Å². The van der Waals surface area contributed by atoms with E-state index in [-0.39, 0.29) is 0 Å². The highest BCUT2D eigenvalue weighted by molar-refractivity contribution is 6.73. The van der Waals surface area contributed by atoms with Crippen molar-refractivity contribution in [3.05, 3.63) is 0 Å². The quantitative estimate of drug-likeness (QED) is 0.583. The highest BCUT2D eigenvalue weighted by Gasteiger charge is 2.35. The van der Waals surface area contributed by atoms with Crippen LogP contribution in [0.15, 0.2) is 0 Å². The van der Waals surface area contributed by atoms with Gasteiger partial charge in [-0.3, -0.25) is 0 Å². The molecule has 0 N–H and O–H groups in total. The molecule has 2 heteroatoms. The highest BCUT2D eigenvalue weighted by Crippen LogP contribution is 2.32. The molecule has 0 radical (unpaired) electrons. The van der Waals surface area contributed by atoms with Crippen LogP contribution in [0.3, 0.4) is 0 Å². The van der Waals surface area contributed by atoms with Gasteiger partial charge in [-0.05, 0) is 35.9 Å². The Balaban J connectivity index is 4.59. The highest BCUT2D eigenvalue weighted by atomic mass is 28.4. The molecule has 0 fully saturated rings. The fourth-order valence-electron chi connectivity index (χ4n) is 2.73. The van der Waals surface area contributed by atoms with Gasteiger partial charge in [-0.2, -0.15) is 0 Å². The normalized spacial score (nSPS) is 13.2. The minimum atomic E-state index is -1.46. The second kappa shape index (κ2) is 6.69. The predicted octanol–water partition coefficient (Wildman–Crippen LogP) is 4.55. The Kier molecular flexibility index (Phi) is 6.77. The SMILES string of the molecule is CO[Si](CC(C)C)(CC(C)C)CC(C)C. The van der Waals surface area contributed by atoms with Crippen LogP contribution in [-0.4, -0.2) is 15.4 Å². The van der Waals surface area contributed by atoms with Crippen molar-refractivity contribution < 1.29 is 4.43 Å². The molecular weight excluding hydrogens is 200 g/mol. The lowest BCUT2D eigenvalue weighted by Gasteiger charge is -2.34. The lowest BCUT2D eigenvalue weighted by atomic mass is 10.2. The standard InChI is InChI=1S/C13H30OSi/c1-11(2)8-15(14-7,9-12(3)4)10-13(5)6/h11-13H,8-10H2,1-7H3. The van der Waals surface area contributed by atoms with Crippen molar-refractivity contribution >= 4 is 8.32 Å². The van der Waals surface area contributed by atoms with Gasteiger partial charge in [-0.1, -0.05) is 41.5 Å². The van der Waals surface area contributed by atoms with Crippen LogP contribution in [-0.2, 0) is 4.43 Å². The molecule has 0 bridgehead atoms. The van der Waals surface area contributed by atoms with Crippen molar-refractivity contribution in [1.29, 1.82) is 0 Å². The second-order valence-corrected chi connectivity index (χ2v) is 10.2. The monoisotopic (exact) mass is 230 g/mol. The molecule has 0 aliphatic heterocycles. The van der Waals surface area contributed by atoms with Crippen molar-refractivity contribution in [2.75, 3.05) is 7.11 Å². The molecule has 0 saturated carbocycles. The molecule has 92 valence electrons. The van der Waals surface area contributed by atoms with Crippen LogP contribution in [0.1, 0.15) is 41.5 Å². The molecule has 0 atom stereocenters. The predicted molar refractivity (Wildman–Crippen MR) is 71.7 cm³/mol. The molecule has 0 aliphatic rings. The van der Waals surface area contributed by atoms with Gasteiger partial charge in [0.15, 0.2) is 8.32 Å². The first kappa shape index (κ1) is 15.2. The summed E-state index contributed by atoms with van der Waals surface area (Å²) in [6.07, 6.45) is 0. The third-order valence-electron chi connectivity index (χ3n) is 2.77. The fraction of sp³-hybridized carbons (Fsp3) is 1.00. The molecule has 0 unspecified atom stereocenters. The molecule has 0 aromatic heterocycles. The Hall–Kier alpha value is 0.177. The summed E-state index contributed by atoms with van der Waals surface area (Å²) in [4.78, 5) is 0. The van der Waals surface area contributed by atoms with Gasteiger partial charge in [-0.15, -0.1) is 0 Å². The van der Waals surface area contributed by atoms with E-state index in [2.05, 4.69) is 41.5 Å². The number of hydrogen-bond acceptors (Lipinski definition) is 1. The fourth-order valence-corrected chi connectivity index (χ4v) is 8.20. The molecule has 1 nitrogen and oxygen atoms in total. The first-order valence-corrected chi connectivity index (χ1v) is 8.89. The first-order valence-electron chi connectivity index (χ1n) is 6.36. The van der Waals surface area contributed by atoms with Crippen LogP contribution in [0, 0.1) is 17.8 Å². The molecule has 15 heavy (non-hydrogen) atoms. The zero-order chi connectivity index (χ0) is 12.1. The van der Waals surface area contributed by atoms with Gasteiger partial charge in [0.1, 0.15) is 0 Å². The van der Waals surface area contributed by atoms with E-state index in [0.717, 1.165) is 17.8 Å². The van der Waals surface area contributed by atoms with Crippen LogP contribution >= 0.6 is 0 Å². The Morgan fingerprint density at radius 1 is 0.733 bits per heavy atom. The molecular formula is C13H30OSi. The van der Waals surface area contributed by atoms with Gasteiger partial charge in [-0.25, -0.2) is 0 Å². The van der Waals surface area contributed by atoms with E-state index in [1.54, 1.807) is 0 Å². The summed E-state index contributed by atoms with van der Waals surface area (Å²) in [7, 11) is 0.485. The van der Waals surface area contributed by atoms with Gasteiger partial charge < -0.3 is 4.43 Å². The molecule has 0 rings (SSSR count). The largest absolute Gasteiger partial charge is 0.420 e. The smallest absolute Gasteiger partial charge is 0.193 e. The average molecular weight is 230 g/mol. The maximum Gasteiger partial charge on any atom is 0.193 e. The Morgan fingerprint density at radius 3 is 1.13 bits per heavy atom. The van der Waals surface area contributed by atoms with Gasteiger partial charge in [0.25, 0.3) is 0 Å². The Labute approximate surface area is 97.7 Å². The van der Waals surface area contributed by atoms with Crippen molar-refractivity contribution in [3.8, 4) is 0 Å². The zero-order valence-corrected chi connectivity index (χ0v) is 12.8. The lowest BCUT2D eigenvalue weighted by Crippen LogP contribution is -2.41. The van der Waals surface area contributed by atoms with Gasteiger partial charge in [0.2, 0.25) is 0 Å². The van der Waals surface area contributed by atoms with Crippen molar-refractivity contribution in [2.45, 2.75) is 59.7 Å². The van der Waals surface area contributed by atoms with Crippen LogP contribution in [0.4, 0.5) is 0 Å². The topological polar surface area (TPSA) is 9.23 Å². The van der Waals surface area contributed by atoms with E-state index in [1.165, 1.54) is 18.1 Å². The van der Waals surface area contributed by atoms with E-state index < -0.39 is 8.32 Å². The summed E-state index contributed by atoms with van der Waals surface area (Å²) >= 11 is 0. The van der Waals surface area contributed by atoms with E-state index in [4.69, 9.17) is 4.43 Å². The van der Waals surface area contributed by atoms with Crippen LogP contribution in [0.5, 0.6) is 0 Å². The van der Waals surface area contributed by atoms with E-state index in [1.807, 2.05) is 7.11 Å². The van der Waals surface area contributed by atoms with E-state index >= 15 is 0 Å². The summed E-state index contributed by atoms with van der Waals surface area (Å²) in [5.74, 6) is 2.32. The van der Waals surface area contributed by atoms with Gasteiger partial charge in [0.05, 0.1) is 0 Å². The second-order valence-electron chi connectivity index (χ2n) is 6.18. The number of rotatable bonds is 7. The Morgan fingerprint density at radius 2 is 1.00 bits per heavy atom. The van der Waals surface area contributed by atoms with Crippen molar-refractivity contribution in [2.24, 2.45) is 17.8 Å². The molecule has 0 amide bonds. The van der Waals surface area contributed by atoms with E-state index in [0.29, 0.717) is 0 Å². The average Bonchev–Trinajstić information content (AvgIpc) is 1.99. The van der Waals surface area contributed by atoms with Crippen LogP contribution in [0.2, 0.25) is 18.1 Å². The van der Waals surface area contributed by atoms with Crippen LogP contribution in [0.25, 0.3) is 0 Å². The zero-order valence-electron chi connectivity index (χ0n) is 11.8. The van der Waals surface area contributed by atoms with Crippen molar-refractivity contribution in [1.82, 2.24) is 0 Å². The maximum atomic E-state index is 6.01. The van der Waals surface area contributed by atoms with E-state index in [9.17, 15) is 0 Å². The molecule has 0 saturated heterocycles. The third-order valence-corrected chi connectivity index (χ3v) is 8.32. The summed E-state index contributed by atoms with van der Waals surface area (Å²) in [6.45, 7) is 13.9. The van der Waals surface area contributed by atoms with Gasteiger partial charge >= 0.3 is 0 Å². The summed E-state index contributed by atoms with van der Waals surface area (Å²) < 4.78 is 6.01. The first-order chi connectivity index (χ1) is 6.81. The third kappa shape index (κ3) is 6.36. The summed E-state index contributed by atoms with van der Waals surface area (Å²) in [5, 5.41) is 0.